The molecule has 0 aliphatic heterocycles. The monoisotopic (exact) mass is 352 g/mol. The van der Waals surface area contributed by atoms with Crippen molar-refractivity contribution >= 4 is 16.9 Å². The van der Waals surface area contributed by atoms with Crippen LogP contribution in [0.5, 0.6) is 5.75 Å². The predicted molar refractivity (Wildman–Crippen MR) is 98.3 cm³/mol. The van der Waals surface area contributed by atoms with Crippen LogP contribution in [0.15, 0.2) is 48.7 Å². The molecule has 0 aliphatic carbocycles. The summed E-state index contributed by atoms with van der Waals surface area (Å²) in [4.78, 5) is 22.6. The van der Waals surface area contributed by atoms with E-state index in [9.17, 15) is 4.79 Å². The Bertz CT molecular complexity index is 910. The second-order valence-corrected chi connectivity index (χ2v) is 6.08. The van der Waals surface area contributed by atoms with E-state index in [0.29, 0.717) is 28.9 Å². The normalized spacial score (nSPS) is 10.9. The van der Waals surface area contributed by atoms with Gasteiger partial charge in [-0.15, -0.1) is 0 Å². The first-order chi connectivity index (χ1) is 12.6. The molecule has 0 atom stereocenters. The van der Waals surface area contributed by atoms with Gasteiger partial charge in [-0.3, -0.25) is 15.0 Å². The van der Waals surface area contributed by atoms with Crippen LogP contribution in [0.25, 0.3) is 22.3 Å². The molecule has 0 unspecified atom stereocenters. The van der Waals surface area contributed by atoms with Crippen LogP contribution in [0.2, 0.25) is 0 Å². The van der Waals surface area contributed by atoms with E-state index in [1.807, 2.05) is 38.4 Å². The smallest absolute Gasteiger partial charge is 0.274 e. The molecule has 2 aromatic carbocycles. The van der Waals surface area contributed by atoms with Crippen LogP contribution in [0, 0.1) is 0 Å². The number of benzene rings is 2. The second-order valence-electron chi connectivity index (χ2n) is 6.08. The van der Waals surface area contributed by atoms with Crippen LogP contribution in [0.4, 0.5) is 0 Å². The lowest BCUT2D eigenvalue weighted by molar-refractivity contribution is 0.0706. The molecular formula is C19H20N4O3. The Hall–Kier alpha value is -3.03. The fourth-order valence-electron chi connectivity index (χ4n) is 2.42. The maximum Gasteiger partial charge on any atom is 0.274 e. The number of hydrogen-bond donors (Lipinski definition) is 2. The minimum atomic E-state index is -0.585. The van der Waals surface area contributed by atoms with Gasteiger partial charge in [0, 0.05) is 17.7 Å². The van der Waals surface area contributed by atoms with Crippen LogP contribution in [-0.2, 0) is 0 Å². The minimum absolute atomic E-state index is 0.316. The fourth-order valence-corrected chi connectivity index (χ4v) is 2.42. The minimum Gasteiger partial charge on any atom is -0.492 e. The third-order valence-electron chi connectivity index (χ3n) is 3.86. The van der Waals surface area contributed by atoms with Crippen molar-refractivity contribution < 1.29 is 14.7 Å². The number of nitrogens with zero attached hydrogens (tertiary/aromatic N) is 3. The highest BCUT2D eigenvalue weighted by atomic mass is 16.5. The molecule has 1 heterocycles. The number of carbonyl (C=O) groups excluding carboxylic acids is 1. The van der Waals surface area contributed by atoms with Crippen molar-refractivity contribution in [2.75, 3.05) is 27.2 Å². The second kappa shape index (κ2) is 7.90. The van der Waals surface area contributed by atoms with Gasteiger partial charge in [-0.25, -0.2) is 10.5 Å². The quantitative estimate of drug-likeness (QED) is 0.523. The first kappa shape index (κ1) is 17.8. The molecule has 3 aromatic rings. The lowest BCUT2D eigenvalue weighted by Gasteiger charge is -2.11. The number of fused-ring (bicyclic) bond motifs is 1. The molecule has 7 heteroatoms. The number of hydroxylamine groups is 1. The molecule has 0 fully saturated rings. The summed E-state index contributed by atoms with van der Waals surface area (Å²) in [5, 5.41) is 8.76. The van der Waals surface area contributed by atoms with E-state index in [2.05, 4.69) is 14.9 Å². The van der Waals surface area contributed by atoms with Crippen molar-refractivity contribution in [2.24, 2.45) is 0 Å². The number of amides is 1. The number of ether oxygens (including phenoxy) is 1. The zero-order valence-corrected chi connectivity index (χ0v) is 14.6. The third kappa shape index (κ3) is 4.14. The van der Waals surface area contributed by atoms with Crippen LogP contribution in [0.1, 0.15) is 10.4 Å². The van der Waals surface area contributed by atoms with E-state index in [-0.39, 0.29) is 0 Å². The van der Waals surface area contributed by atoms with Crippen LogP contribution in [0.3, 0.4) is 0 Å². The molecule has 0 saturated heterocycles. The summed E-state index contributed by atoms with van der Waals surface area (Å²) in [5.74, 6) is 0.213. The van der Waals surface area contributed by atoms with Crippen molar-refractivity contribution in [1.29, 1.82) is 0 Å². The van der Waals surface area contributed by atoms with Crippen molar-refractivity contribution in [3.05, 3.63) is 54.2 Å². The first-order valence-corrected chi connectivity index (χ1v) is 8.16. The van der Waals surface area contributed by atoms with Gasteiger partial charge in [0.2, 0.25) is 0 Å². The topological polar surface area (TPSA) is 87.6 Å². The molecule has 3 rings (SSSR count). The van der Waals surface area contributed by atoms with E-state index in [0.717, 1.165) is 17.9 Å². The van der Waals surface area contributed by atoms with Gasteiger partial charge in [0.05, 0.1) is 22.9 Å². The summed E-state index contributed by atoms with van der Waals surface area (Å²) >= 11 is 0. The average molecular weight is 352 g/mol. The van der Waals surface area contributed by atoms with E-state index < -0.39 is 5.91 Å². The third-order valence-corrected chi connectivity index (χ3v) is 3.86. The Morgan fingerprint density at radius 1 is 1.15 bits per heavy atom. The number of rotatable bonds is 6. The summed E-state index contributed by atoms with van der Waals surface area (Å²) in [6, 6.07) is 12.5. The molecule has 7 nitrogen and oxygen atoms in total. The number of aromatic nitrogens is 2. The summed E-state index contributed by atoms with van der Waals surface area (Å²) in [5.41, 5.74) is 4.78. The van der Waals surface area contributed by atoms with Gasteiger partial charge in [0.15, 0.2) is 0 Å². The lowest BCUT2D eigenvalue weighted by atomic mass is 10.1. The zero-order chi connectivity index (χ0) is 18.5. The first-order valence-electron chi connectivity index (χ1n) is 8.16. The molecule has 0 radical (unpaired) electrons. The van der Waals surface area contributed by atoms with Gasteiger partial charge in [-0.2, -0.15) is 0 Å². The van der Waals surface area contributed by atoms with Gasteiger partial charge in [-0.1, -0.05) is 0 Å². The zero-order valence-electron chi connectivity index (χ0n) is 14.6. The molecule has 0 bridgehead atoms. The molecule has 0 spiro atoms. The molecule has 2 N–H and O–H groups in total. The summed E-state index contributed by atoms with van der Waals surface area (Å²) in [7, 11) is 4.00. The Kier molecular flexibility index (Phi) is 5.40. The number of hydrogen-bond acceptors (Lipinski definition) is 6. The number of carbonyl (C=O) groups is 1. The Balaban J connectivity index is 1.82. The largest absolute Gasteiger partial charge is 0.492 e. The molecule has 134 valence electrons. The van der Waals surface area contributed by atoms with Crippen molar-refractivity contribution in [1.82, 2.24) is 20.3 Å². The molecular weight excluding hydrogens is 332 g/mol. The van der Waals surface area contributed by atoms with Crippen molar-refractivity contribution in [3.63, 3.8) is 0 Å². The van der Waals surface area contributed by atoms with E-state index >= 15 is 0 Å². The van der Waals surface area contributed by atoms with E-state index in [4.69, 9.17) is 9.94 Å². The highest BCUT2D eigenvalue weighted by Crippen LogP contribution is 2.22. The summed E-state index contributed by atoms with van der Waals surface area (Å²) < 4.78 is 5.69. The Morgan fingerprint density at radius 3 is 2.62 bits per heavy atom. The molecule has 1 amide bonds. The summed E-state index contributed by atoms with van der Waals surface area (Å²) in [6.45, 7) is 1.47. The predicted octanol–water partition coefficient (Wildman–Crippen LogP) is 2.36. The van der Waals surface area contributed by atoms with E-state index in [1.54, 1.807) is 29.9 Å². The van der Waals surface area contributed by atoms with Crippen LogP contribution in [-0.4, -0.2) is 53.2 Å². The molecule has 26 heavy (non-hydrogen) atoms. The van der Waals surface area contributed by atoms with Gasteiger partial charge in [0.1, 0.15) is 12.4 Å². The van der Waals surface area contributed by atoms with Crippen molar-refractivity contribution in [3.8, 4) is 17.0 Å². The van der Waals surface area contributed by atoms with Crippen LogP contribution >= 0.6 is 0 Å². The maximum atomic E-state index is 11.6. The fraction of sp³-hybridized carbons (Fsp3) is 0.211. The number of nitrogens with one attached hydrogen (secondary N) is 1. The SMILES string of the molecule is CN(C)CCOc1ccc(-c2cnc3ccc(C(=O)NO)cc3n2)cc1. The molecule has 0 aliphatic rings. The van der Waals surface area contributed by atoms with Gasteiger partial charge < -0.3 is 9.64 Å². The Morgan fingerprint density at radius 2 is 1.92 bits per heavy atom. The maximum absolute atomic E-state index is 11.6. The average Bonchev–Trinajstić information content (AvgIpc) is 2.66. The van der Waals surface area contributed by atoms with Crippen molar-refractivity contribution in [2.45, 2.75) is 0 Å². The van der Waals surface area contributed by atoms with Gasteiger partial charge >= 0.3 is 0 Å². The van der Waals surface area contributed by atoms with Crippen LogP contribution < -0.4 is 10.2 Å². The number of likely N-dealkylation sites (N-methyl/N-ethyl adjacent to an activating group) is 1. The standard InChI is InChI=1S/C19H20N4O3/c1-23(2)9-10-26-15-6-3-13(4-7-15)18-12-20-16-8-5-14(19(24)22-25)11-17(16)21-18/h3-8,11-12,25H,9-10H2,1-2H3,(H,22,24). The summed E-state index contributed by atoms with van der Waals surface area (Å²) in [6.07, 6.45) is 1.69. The Labute approximate surface area is 151 Å². The molecule has 1 aromatic heterocycles. The lowest BCUT2D eigenvalue weighted by Crippen LogP contribution is -2.19. The van der Waals surface area contributed by atoms with Gasteiger partial charge in [-0.05, 0) is 56.6 Å². The highest BCUT2D eigenvalue weighted by molar-refractivity contribution is 5.96. The highest BCUT2D eigenvalue weighted by Gasteiger charge is 2.08. The molecule has 0 saturated carbocycles. The van der Waals surface area contributed by atoms with Gasteiger partial charge in [0.25, 0.3) is 5.91 Å². The van der Waals surface area contributed by atoms with E-state index in [1.165, 1.54) is 0 Å².